The smallest absolute Gasteiger partial charge is 0.413 e. The number of anilines is 2. The topological polar surface area (TPSA) is 107 Å². The highest BCUT2D eigenvalue weighted by Gasteiger charge is 2.20. The van der Waals surface area contributed by atoms with E-state index in [1.165, 1.54) is 4.68 Å². The Morgan fingerprint density at radius 3 is 2.59 bits per heavy atom. The van der Waals surface area contributed by atoms with Crippen molar-refractivity contribution in [1.82, 2.24) is 25.0 Å². The molecule has 34 heavy (non-hydrogen) atoms. The van der Waals surface area contributed by atoms with Gasteiger partial charge < -0.3 is 10.1 Å². The van der Waals surface area contributed by atoms with E-state index in [2.05, 4.69) is 37.5 Å². The Morgan fingerprint density at radius 2 is 1.88 bits per heavy atom. The minimum Gasteiger partial charge on any atom is -0.441 e. The highest BCUT2D eigenvalue weighted by Crippen LogP contribution is 2.27. The first-order valence-electron chi connectivity index (χ1n) is 10.4. The van der Waals surface area contributed by atoms with Gasteiger partial charge in [-0.05, 0) is 30.7 Å². The molecule has 0 spiro atoms. The lowest BCUT2D eigenvalue weighted by atomic mass is 10.1. The largest absolute Gasteiger partial charge is 0.441 e. The van der Waals surface area contributed by atoms with E-state index in [0.717, 1.165) is 16.9 Å². The summed E-state index contributed by atoms with van der Waals surface area (Å²) < 4.78 is 6.89. The summed E-state index contributed by atoms with van der Waals surface area (Å²) in [5.74, 6) is 0.344. The van der Waals surface area contributed by atoms with Crippen molar-refractivity contribution >= 4 is 34.9 Å². The molecule has 0 unspecified atom stereocenters. The summed E-state index contributed by atoms with van der Waals surface area (Å²) in [6, 6.07) is 16.9. The van der Waals surface area contributed by atoms with Gasteiger partial charge >= 0.3 is 6.09 Å². The van der Waals surface area contributed by atoms with Crippen LogP contribution in [-0.2, 0) is 11.8 Å². The number of nitrogens with one attached hydrogen (secondary N) is 2. The van der Waals surface area contributed by atoms with Gasteiger partial charge in [-0.2, -0.15) is 0 Å². The molecule has 10 heteroatoms. The zero-order valence-corrected chi connectivity index (χ0v) is 19.3. The van der Waals surface area contributed by atoms with E-state index in [0.29, 0.717) is 22.8 Å². The first-order valence-corrected chi connectivity index (χ1v) is 10.8. The first-order chi connectivity index (χ1) is 16.4. The summed E-state index contributed by atoms with van der Waals surface area (Å²) in [5.41, 5.74) is 4.03. The van der Waals surface area contributed by atoms with Gasteiger partial charge in [0.1, 0.15) is 11.3 Å². The summed E-state index contributed by atoms with van der Waals surface area (Å²) in [7, 11) is 1.66. The second-order valence-electron chi connectivity index (χ2n) is 7.37. The second kappa shape index (κ2) is 10.1. The van der Waals surface area contributed by atoms with Gasteiger partial charge in [0.2, 0.25) is 0 Å². The summed E-state index contributed by atoms with van der Waals surface area (Å²) in [5, 5.41) is 14.3. The van der Waals surface area contributed by atoms with Crippen LogP contribution in [0, 0.1) is 0 Å². The van der Waals surface area contributed by atoms with Crippen molar-refractivity contribution in [2.45, 2.75) is 13.0 Å². The number of carbonyl (C=O) groups excluding carboxylic acids is 1. The van der Waals surface area contributed by atoms with Crippen molar-refractivity contribution < 1.29 is 9.53 Å². The van der Waals surface area contributed by atoms with Crippen LogP contribution in [0.1, 0.15) is 24.2 Å². The van der Waals surface area contributed by atoms with E-state index in [-0.39, 0.29) is 5.15 Å². The molecule has 9 nitrogen and oxygen atoms in total. The average molecular weight is 476 g/mol. The molecule has 172 valence electrons. The Hall–Kier alpha value is -4.24. The molecule has 1 amide bonds. The maximum absolute atomic E-state index is 12.5. The number of nitrogens with zero attached hydrogens (tertiary/aromatic N) is 5. The number of aryl methyl sites for hydroxylation is 1. The molecule has 0 radical (unpaired) electrons. The van der Waals surface area contributed by atoms with Gasteiger partial charge in [0.25, 0.3) is 0 Å². The lowest BCUT2D eigenvalue weighted by Gasteiger charge is -2.15. The highest BCUT2D eigenvalue weighted by atomic mass is 35.5. The minimum absolute atomic E-state index is 0.276. The summed E-state index contributed by atoms with van der Waals surface area (Å²) in [4.78, 5) is 21.0. The molecule has 0 aliphatic heterocycles. The van der Waals surface area contributed by atoms with Gasteiger partial charge in [-0.3, -0.25) is 10.3 Å². The van der Waals surface area contributed by atoms with Crippen molar-refractivity contribution in [3.8, 4) is 11.4 Å². The molecule has 0 aliphatic rings. The molecule has 4 aromatic rings. The molecule has 0 fully saturated rings. The SMILES string of the molecule is C=C(Nc1ccc(-c2nnn(C)c2NC(=O)O[C@H](C)c2cccnc2Cl)nc1)c1ccccc1. The Bertz CT molecular complexity index is 1310. The maximum Gasteiger partial charge on any atom is 0.413 e. The van der Waals surface area contributed by atoms with E-state index in [9.17, 15) is 4.79 Å². The number of rotatable bonds is 7. The number of hydrogen-bond donors (Lipinski definition) is 2. The lowest BCUT2D eigenvalue weighted by Crippen LogP contribution is -2.18. The summed E-state index contributed by atoms with van der Waals surface area (Å²) in [6.45, 7) is 5.77. The third-order valence-corrected chi connectivity index (χ3v) is 5.30. The quantitative estimate of drug-likeness (QED) is 0.348. The van der Waals surface area contributed by atoms with Gasteiger partial charge in [0.15, 0.2) is 11.5 Å². The number of amides is 1. The monoisotopic (exact) mass is 475 g/mol. The summed E-state index contributed by atoms with van der Waals surface area (Å²) in [6.07, 6.45) is 1.94. The molecule has 1 atom stereocenters. The third-order valence-electron chi connectivity index (χ3n) is 4.98. The van der Waals surface area contributed by atoms with Crippen LogP contribution in [0.5, 0.6) is 0 Å². The van der Waals surface area contributed by atoms with E-state index in [1.54, 1.807) is 44.6 Å². The molecule has 0 bridgehead atoms. The van der Waals surface area contributed by atoms with E-state index < -0.39 is 12.2 Å². The molecular weight excluding hydrogens is 454 g/mol. The third kappa shape index (κ3) is 5.21. The van der Waals surface area contributed by atoms with Crippen molar-refractivity contribution in [2.75, 3.05) is 10.6 Å². The number of carbonyl (C=O) groups is 1. The van der Waals surface area contributed by atoms with E-state index in [1.807, 2.05) is 36.4 Å². The fourth-order valence-corrected chi connectivity index (χ4v) is 3.49. The second-order valence-corrected chi connectivity index (χ2v) is 7.73. The van der Waals surface area contributed by atoms with Crippen molar-refractivity contribution in [3.05, 3.63) is 89.8 Å². The number of halogens is 1. The Balaban J connectivity index is 1.45. The van der Waals surface area contributed by atoms with E-state index in [4.69, 9.17) is 16.3 Å². The lowest BCUT2D eigenvalue weighted by molar-refractivity contribution is 0.121. The van der Waals surface area contributed by atoms with Crippen LogP contribution in [0.3, 0.4) is 0 Å². The zero-order chi connectivity index (χ0) is 24.1. The number of benzene rings is 1. The number of aromatic nitrogens is 5. The van der Waals surface area contributed by atoms with Crippen LogP contribution in [0.15, 0.2) is 73.6 Å². The molecule has 0 saturated heterocycles. The van der Waals surface area contributed by atoms with Crippen LogP contribution in [-0.4, -0.2) is 31.1 Å². The van der Waals surface area contributed by atoms with Gasteiger partial charge in [-0.15, -0.1) is 5.10 Å². The molecule has 3 heterocycles. The van der Waals surface area contributed by atoms with E-state index >= 15 is 0 Å². The van der Waals surface area contributed by atoms with Crippen LogP contribution in [0.25, 0.3) is 17.1 Å². The molecule has 3 aromatic heterocycles. The van der Waals surface area contributed by atoms with Crippen LogP contribution >= 0.6 is 11.6 Å². The number of ether oxygens (including phenoxy) is 1. The van der Waals surface area contributed by atoms with Crippen molar-refractivity contribution in [2.24, 2.45) is 7.05 Å². The van der Waals surface area contributed by atoms with Crippen molar-refractivity contribution in [3.63, 3.8) is 0 Å². The van der Waals surface area contributed by atoms with Crippen LogP contribution < -0.4 is 10.6 Å². The zero-order valence-electron chi connectivity index (χ0n) is 18.6. The van der Waals surface area contributed by atoms with Crippen molar-refractivity contribution in [1.29, 1.82) is 0 Å². The van der Waals surface area contributed by atoms with Gasteiger partial charge in [-0.1, -0.05) is 59.8 Å². The molecule has 1 aromatic carbocycles. The summed E-state index contributed by atoms with van der Waals surface area (Å²) >= 11 is 6.09. The van der Waals surface area contributed by atoms with Gasteiger partial charge in [-0.25, -0.2) is 14.5 Å². The molecule has 0 aliphatic carbocycles. The molecule has 4 rings (SSSR count). The average Bonchev–Trinajstić information content (AvgIpc) is 3.20. The fourth-order valence-electron chi connectivity index (χ4n) is 3.22. The van der Waals surface area contributed by atoms with Crippen LogP contribution in [0.2, 0.25) is 5.15 Å². The van der Waals surface area contributed by atoms with Crippen LogP contribution in [0.4, 0.5) is 16.3 Å². The molecular formula is C24H22ClN7O2. The Morgan fingerprint density at radius 1 is 1.09 bits per heavy atom. The highest BCUT2D eigenvalue weighted by molar-refractivity contribution is 6.30. The Kier molecular flexibility index (Phi) is 6.84. The minimum atomic E-state index is -0.684. The maximum atomic E-state index is 12.5. The predicted molar refractivity (Wildman–Crippen MR) is 131 cm³/mol. The first kappa shape index (κ1) is 22.9. The standard InChI is InChI=1S/C24H22ClN7O2/c1-15(17-8-5-4-6-9-17)28-18-11-12-20(27-14-18)21-23(32(3)31-30-21)29-24(33)34-16(2)19-10-7-13-26-22(19)25/h4-14,16,28H,1H2,2-3H3,(H,29,33)/t16-/m1/s1. The number of hydrogen-bond acceptors (Lipinski definition) is 7. The molecule has 0 saturated carbocycles. The van der Waals surface area contributed by atoms with Gasteiger partial charge in [0, 0.05) is 24.5 Å². The normalized spacial score (nSPS) is 11.5. The molecule has 2 N–H and O–H groups in total. The predicted octanol–water partition coefficient (Wildman–Crippen LogP) is 5.32. The fraction of sp³-hybridized carbons (Fsp3) is 0.125. The Labute approximate surface area is 201 Å². The number of pyridine rings is 2. The van der Waals surface area contributed by atoms with Gasteiger partial charge in [0.05, 0.1) is 17.6 Å².